The number of hydrogen-bond acceptors (Lipinski definition) is 7. The Kier molecular flexibility index (Phi) is 7.14. The van der Waals surface area contributed by atoms with Crippen molar-refractivity contribution in [2.75, 3.05) is 11.9 Å². The van der Waals surface area contributed by atoms with E-state index in [1.807, 2.05) is 32.9 Å². The Morgan fingerprint density at radius 1 is 1.14 bits per heavy atom. The second kappa shape index (κ2) is 10.1. The molecule has 0 atom stereocenters. The fourth-order valence-electron chi connectivity index (χ4n) is 3.86. The van der Waals surface area contributed by atoms with Crippen LogP contribution in [0.15, 0.2) is 56.3 Å². The molecule has 0 bridgehead atoms. The van der Waals surface area contributed by atoms with Crippen LogP contribution in [0.25, 0.3) is 17.4 Å². The summed E-state index contributed by atoms with van der Waals surface area (Å²) in [5, 5.41) is 13.2. The molecule has 0 aliphatic carbocycles. The largest absolute Gasteiger partial charge is 0.457 e. The number of carbonyl (C=O) groups excluding carboxylic acids is 3. The number of furan rings is 1. The topological polar surface area (TPSA) is 123 Å². The molecule has 2 heterocycles. The third kappa shape index (κ3) is 5.26. The number of amides is 3. The van der Waals surface area contributed by atoms with E-state index >= 15 is 0 Å². The minimum Gasteiger partial charge on any atom is -0.457 e. The van der Waals surface area contributed by atoms with E-state index in [9.17, 15) is 24.5 Å². The summed E-state index contributed by atoms with van der Waals surface area (Å²) < 4.78 is 6.25. The summed E-state index contributed by atoms with van der Waals surface area (Å²) in [5.74, 6) is -0.328. The number of imide groups is 1. The molecule has 1 aromatic heterocycles. The number of nitrogens with one attached hydrogen (secondary N) is 1. The van der Waals surface area contributed by atoms with Crippen LogP contribution in [0, 0.1) is 30.9 Å². The third-order valence-electron chi connectivity index (χ3n) is 5.45. The number of carbonyl (C=O) groups is 3. The van der Waals surface area contributed by atoms with E-state index in [-0.39, 0.29) is 10.6 Å². The van der Waals surface area contributed by atoms with E-state index in [0.717, 1.165) is 33.4 Å². The molecule has 0 spiro atoms. The molecule has 0 unspecified atom stereocenters. The lowest BCUT2D eigenvalue weighted by atomic mass is 10.1. The number of anilines is 1. The summed E-state index contributed by atoms with van der Waals surface area (Å²) in [4.78, 5) is 49.4. The fraction of sp³-hybridized carbons (Fsp3) is 0.160. The standard InChI is InChI=1S/C25H20BrN3O6S/c1-13-8-14(2)23(15(3)9-13)27-22(30)12-28-24(31)21(36-25(28)32)11-17-5-7-20(35-17)18-6-4-16(29(33)34)10-19(18)26/h4-11H,12H2,1-3H3,(H,27,30)/b21-11+. The van der Waals surface area contributed by atoms with Crippen molar-refractivity contribution >= 4 is 62.2 Å². The van der Waals surface area contributed by atoms with Crippen molar-refractivity contribution in [3.8, 4) is 11.3 Å². The smallest absolute Gasteiger partial charge is 0.294 e. The van der Waals surface area contributed by atoms with Crippen LogP contribution in [0.2, 0.25) is 0 Å². The van der Waals surface area contributed by atoms with Gasteiger partial charge in [0.2, 0.25) is 5.91 Å². The molecule has 0 radical (unpaired) electrons. The quantitative estimate of drug-likeness (QED) is 0.212. The molecule has 3 aromatic rings. The number of nitro groups is 1. The number of rotatable bonds is 6. The highest BCUT2D eigenvalue weighted by Gasteiger charge is 2.36. The van der Waals surface area contributed by atoms with E-state index in [1.54, 1.807) is 18.2 Å². The van der Waals surface area contributed by atoms with Crippen LogP contribution in [-0.2, 0) is 9.59 Å². The highest BCUT2D eigenvalue weighted by atomic mass is 79.9. The van der Waals surface area contributed by atoms with Crippen molar-refractivity contribution in [3.63, 3.8) is 0 Å². The van der Waals surface area contributed by atoms with Crippen LogP contribution in [0.4, 0.5) is 16.2 Å². The molecule has 9 nitrogen and oxygen atoms in total. The van der Waals surface area contributed by atoms with E-state index in [1.165, 1.54) is 18.2 Å². The lowest BCUT2D eigenvalue weighted by Gasteiger charge is -2.15. The summed E-state index contributed by atoms with van der Waals surface area (Å²) >= 11 is 4.03. The number of halogens is 1. The van der Waals surface area contributed by atoms with Gasteiger partial charge in [-0.1, -0.05) is 17.7 Å². The molecule has 1 N–H and O–H groups in total. The van der Waals surface area contributed by atoms with Gasteiger partial charge in [-0.3, -0.25) is 29.4 Å². The van der Waals surface area contributed by atoms with Gasteiger partial charge in [-0.15, -0.1) is 0 Å². The average molecular weight is 570 g/mol. The molecule has 36 heavy (non-hydrogen) atoms. The zero-order valence-electron chi connectivity index (χ0n) is 19.5. The van der Waals surface area contributed by atoms with Gasteiger partial charge in [-0.25, -0.2) is 0 Å². The average Bonchev–Trinajstić information content (AvgIpc) is 3.36. The molecule has 1 fully saturated rings. The summed E-state index contributed by atoms with van der Waals surface area (Å²) in [6.45, 7) is 5.31. The van der Waals surface area contributed by atoms with Crippen molar-refractivity contribution in [1.29, 1.82) is 0 Å². The van der Waals surface area contributed by atoms with Gasteiger partial charge < -0.3 is 9.73 Å². The normalized spacial score (nSPS) is 14.6. The maximum Gasteiger partial charge on any atom is 0.294 e. The number of nitro benzene ring substituents is 1. The number of nitrogens with zero attached hydrogens (tertiary/aromatic N) is 2. The molecule has 0 saturated carbocycles. The fourth-order valence-corrected chi connectivity index (χ4v) is 5.24. The summed E-state index contributed by atoms with van der Waals surface area (Å²) in [6, 6.07) is 11.4. The molecule has 184 valence electrons. The first-order chi connectivity index (χ1) is 17.0. The van der Waals surface area contributed by atoms with Crippen molar-refractivity contribution in [3.05, 3.63) is 84.4 Å². The second-order valence-corrected chi connectivity index (χ2v) is 10.1. The Balaban J connectivity index is 1.48. The van der Waals surface area contributed by atoms with Crippen LogP contribution in [-0.4, -0.2) is 33.4 Å². The molecule has 1 aliphatic rings. The number of non-ortho nitro benzene ring substituents is 1. The SMILES string of the molecule is Cc1cc(C)c(NC(=O)CN2C(=O)S/C(=C/c3ccc(-c4ccc([N+](=O)[O-])cc4Br)o3)C2=O)c(C)c1. The Hall–Kier alpha value is -3.70. The van der Waals surface area contributed by atoms with Crippen molar-refractivity contribution < 1.29 is 23.7 Å². The Morgan fingerprint density at radius 2 is 1.83 bits per heavy atom. The van der Waals surface area contributed by atoms with E-state index in [0.29, 0.717) is 27.2 Å². The van der Waals surface area contributed by atoms with Crippen LogP contribution < -0.4 is 5.32 Å². The van der Waals surface area contributed by atoms with E-state index < -0.39 is 28.5 Å². The van der Waals surface area contributed by atoms with Gasteiger partial charge in [0, 0.05) is 33.9 Å². The van der Waals surface area contributed by atoms with Crippen molar-refractivity contribution in [2.45, 2.75) is 20.8 Å². The maximum atomic E-state index is 12.8. The first-order valence-corrected chi connectivity index (χ1v) is 12.3. The first-order valence-electron chi connectivity index (χ1n) is 10.7. The predicted molar refractivity (Wildman–Crippen MR) is 140 cm³/mol. The van der Waals surface area contributed by atoms with Gasteiger partial charge in [-0.2, -0.15) is 0 Å². The van der Waals surface area contributed by atoms with Crippen LogP contribution >= 0.6 is 27.7 Å². The van der Waals surface area contributed by atoms with Crippen LogP contribution in [0.5, 0.6) is 0 Å². The molecule has 11 heteroatoms. The predicted octanol–water partition coefficient (Wildman–Crippen LogP) is 6.22. The molecule has 2 aromatic carbocycles. The van der Waals surface area contributed by atoms with Gasteiger partial charge in [0.15, 0.2) is 0 Å². The number of thioether (sulfide) groups is 1. The van der Waals surface area contributed by atoms with Gasteiger partial charge in [0.25, 0.3) is 16.8 Å². The molecule has 1 saturated heterocycles. The monoisotopic (exact) mass is 569 g/mol. The number of aryl methyl sites for hydroxylation is 3. The number of benzene rings is 2. The molecule has 1 aliphatic heterocycles. The van der Waals surface area contributed by atoms with Gasteiger partial charge in [0.05, 0.1) is 9.83 Å². The summed E-state index contributed by atoms with van der Waals surface area (Å²) in [6.07, 6.45) is 1.43. The molecular weight excluding hydrogens is 550 g/mol. The summed E-state index contributed by atoms with van der Waals surface area (Å²) in [5.41, 5.74) is 4.04. The zero-order chi connectivity index (χ0) is 26.1. The third-order valence-corrected chi connectivity index (χ3v) is 7.01. The Labute approximate surface area is 218 Å². The van der Waals surface area contributed by atoms with Crippen molar-refractivity contribution in [2.24, 2.45) is 0 Å². The molecular formula is C25H20BrN3O6S. The minimum atomic E-state index is -0.591. The highest BCUT2D eigenvalue weighted by molar-refractivity contribution is 9.10. The Morgan fingerprint density at radius 3 is 2.47 bits per heavy atom. The maximum absolute atomic E-state index is 12.8. The Bertz CT molecular complexity index is 1440. The van der Waals surface area contributed by atoms with Gasteiger partial charge in [-0.05, 0) is 77.8 Å². The van der Waals surface area contributed by atoms with Crippen LogP contribution in [0.3, 0.4) is 0 Å². The van der Waals surface area contributed by atoms with Crippen molar-refractivity contribution in [1.82, 2.24) is 4.90 Å². The zero-order valence-corrected chi connectivity index (χ0v) is 21.9. The lowest BCUT2D eigenvalue weighted by molar-refractivity contribution is -0.384. The number of hydrogen-bond donors (Lipinski definition) is 1. The lowest BCUT2D eigenvalue weighted by Crippen LogP contribution is -2.36. The van der Waals surface area contributed by atoms with Gasteiger partial charge in [0.1, 0.15) is 18.1 Å². The van der Waals surface area contributed by atoms with E-state index in [4.69, 9.17) is 4.42 Å². The molecule has 4 rings (SSSR count). The highest BCUT2D eigenvalue weighted by Crippen LogP contribution is 2.35. The van der Waals surface area contributed by atoms with Crippen LogP contribution in [0.1, 0.15) is 22.5 Å². The summed E-state index contributed by atoms with van der Waals surface area (Å²) in [7, 11) is 0. The second-order valence-electron chi connectivity index (χ2n) is 8.21. The van der Waals surface area contributed by atoms with E-state index in [2.05, 4.69) is 21.2 Å². The molecule has 3 amide bonds. The van der Waals surface area contributed by atoms with Gasteiger partial charge >= 0.3 is 0 Å². The first kappa shape index (κ1) is 25.4. The minimum absolute atomic E-state index is 0.0668.